The maximum atomic E-state index is 5.36. The molecule has 0 amide bonds. The fourth-order valence-corrected chi connectivity index (χ4v) is 1.23. The Morgan fingerprint density at radius 2 is 2.13 bits per heavy atom. The second-order valence-electron chi connectivity index (χ2n) is 2.88. The SMILES string of the molecule is C.CCOCOc1ccc2occc2c1. The molecule has 15 heavy (non-hydrogen) atoms. The molecule has 0 aliphatic heterocycles. The lowest BCUT2D eigenvalue weighted by Gasteiger charge is -2.04. The maximum absolute atomic E-state index is 5.36. The minimum absolute atomic E-state index is 0. The minimum atomic E-state index is 0. The molecule has 0 aliphatic carbocycles. The molecule has 1 aromatic carbocycles. The molecule has 0 fully saturated rings. The number of hydrogen-bond acceptors (Lipinski definition) is 3. The topological polar surface area (TPSA) is 31.6 Å². The van der Waals surface area contributed by atoms with Gasteiger partial charge in [-0.05, 0) is 31.2 Å². The van der Waals surface area contributed by atoms with E-state index in [1.165, 1.54) is 0 Å². The summed E-state index contributed by atoms with van der Waals surface area (Å²) in [6, 6.07) is 7.59. The van der Waals surface area contributed by atoms with Crippen molar-refractivity contribution >= 4 is 11.0 Å². The third-order valence-electron chi connectivity index (χ3n) is 1.94. The van der Waals surface area contributed by atoms with Crippen molar-refractivity contribution in [2.45, 2.75) is 14.4 Å². The van der Waals surface area contributed by atoms with Gasteiger partial charge in [0.05, 0.1) is 6.26 Å². The van der Waals surface area contributed by atoms with Gasteiger partial charge in [-0.1, -0.05) is 7.43 Å². The molecule has 0 atom stereocenters. The Balaban J connectivity index is 0.00000112. The Morgan fingerprint density at radius 1 is 1.27 bits per heavy atom. The van der Waals surface area contributed by atoms with Crippen molar-refractivity contribution in [1.82, 2.24) is 0 Å². The number of hydrogen-bond donors (Lipinski definition) is 0. The van der Waals surface area contributed by atoms with E-state index in [4.69, 9.17) is 13.9 Å². The van der Waals surface area contributed by atoms with Crippen LogP contribution in [-0.4, -0.2) is 13.4 Å². The number of fused-ring (bicyclic) bond motifs is 1. The highest BCUT2D eigenvalue weighted by atomic mass is 16.7. The van der Waals surface area contributed by atoms with Gasteiger partial charge in [-0.15, -0.1) is 0 Å². The van der Waals surface area contributed by atoms with Crippen molar-refractivity contribution in [1.29, 1.82) is 0 Å². The van der Waals surface area contributed by atoms with Crippen LogP contribution in [0.5, 0.6) is 5.75 Å². The first kappa shape index (κ1) is 11.6. The molecule has 0 aliphatic rings. The summed E-state index contributed by atoms with van der Waals surface area (Å²) in [5, 5.41) is 1.04. The zero-order valence-electron chi connectivity index (χ0n) is 8.03. The number of benzene rings is 1. The molecule has 3 heteroatoms. The van der Waals surface area contributed by atoms with Crippen LogP contribution in [-0.2, 0) is 4.74 Å². The summed E-state index contributed by atoms with van der Waals surface area (Å²) in [5.41, 5.74) is 0.869. The van der Waals surface area contributed by atoms with E-state index >= 15 is 0 Å². The van der Waals surface area contributed by atoms with E-state index < -0.39 is 0 Å². The average molecular weight is 208 g/mol. The zero-order chi connectivity index (χ0) is 9.80. The normalized spacial score (nSPS) is 9.93. The molecule has 0 unspecified atom stereocenters. The molecule has 0 saturated carbocycles. The summed E-state index contributed by atoms with van der Waals surface area (Å²) in [7, 11) is 0. The molecule has 0 spiro atoms. The molecule has 0 bridgehead atoms. The average Bonchev–Trinajstić information content (AvgIpc) is 2.65. The van der Waals surface area contributed by atoms with Crippen molar-refractivity contribution in [2.24, 2.45) is 0 Å². The van der Waals surface area contributed by atoms with Crippen LogP contribution < -0.4 is 4.74 Å². The number of furan rings is 1. The van der Waals surface area contributed by atoms with E-state index in [2.05, 4.69) is 0 Å². The molecule has 3 nitrogen and oxygen atoms in total. The zero-order valence-corrected chi connectivity index (χ0v) is 8.03. The molecule has 1 aromatic heterocycles. The van der Waals surface area contributed by atoms with Crippen molar-refractivity contribution < 1.29 is 13.9 Å². The third kappa shape index (κ3) is 2.73. The summed E-state index contributed by atoms with van der Waals surface area (Å²) in [5.74, 6) is 0.798. The summed E-state index contributed by atoms with van der Waals surface area (Å²) in [6.45, 7) is 2.89. The van der Waals surface area contributed by atoms with Crippen LogP contribution in [0, 0.1) is 0 Å². The Morgan fingerprint density at radius 3 is 2.93 bits per heavy atom. The molecule has 1 heterocycles. The van der Waals surface area contributed by atoms with Gasteiger partial charge < -0.3 is 13.9 Å². The first-order valence-electron chi connectivity index (χ1n) is 4.58. The first-order valence-corrected chi connectivity index (χ1v) is 4.58. The van der Waals surface area contributed by atoms with Crippen LogP contribution in [0.2, 0.25) is 0 Å². The molecule has 0 radical (unpaired) electrons. The summed E-state index contributed by atoms with van der Waals surface area (Å²) in [4.78, 5) is 0. The van der Waals surface area contributed by atoms with Crippen LogP contribution in [0.15, 0.2) is 34.9 Å². The van der Waals surface area contributed by atoms with Crippen molar-refractivity contribution in [3.63, 3.8) is 0 Å². The van der Waals surface area contributed by atoms with Gasteiger partial charge in [0, 0.05) is 12.0 Å². The fraction of sp³-hybridized carbons (Fsp3) is 0.333. The largest absolute Gasteiger partial charge is 0.468 e. The highest BCUT2D eigenvalue weighted by molar-refractivity contribution is 5.78. The van der Waals surface area contributed by atoms with E-state index in [-0.39, 0.29) is 7.43 Å². The van der Waals surface area contributed by atoms with Gasteiger partial charge >= 0.3 is 0 Å². The second kappa shape index (κ2) is 5.41. The predicted molar refractivity (Wildman–Crippen MR) is 60.1 cm³/mol. The smallest absolute Gasteiger partial charge is 0.189 e. The summed E-state index contributed by atoms with van der Waals surface area (Å²) >= 11 is 0. The predicted octanol–water partition coefficient (Wildman–Crippen LogP) is 3.44. The fourth-order valence-electron chi connectivity index (χ4n) is 1.23. The maximum Gasteiger partial charge on any atom is 0.189 e. The summed E-state index contributed by atoms with van der Waals surface area (Å²) < 4.78 is 15.7. The molecular weight excluding hydrogens is 192 g/mol. The van der Waals surface area contributed by atoms with Crippen molar-refractivity contribution in [2.75, 3.05) is 13.4 Å². The molecule has 2 aromatic rings. The van der Waals surface area contributed by atoms with Crippen LogP contribution >= 0.6 is 0 Å². The number of ether oxygens (including phenoxy) is 2. The van der Waals surface area contributed by atoms with Crippen LogP contribution in [0.1, 0.15) is 14.4 Å². The van der Waals surface area contributed by atoms with Crippen LogP contribution in [0.4, 0.5) is 0 Å². The molecule has 0 N–H and O–H groups in total. The Kier molecular flexibility index (Phi) is 4.18. The molecule has 2 rings (SSSR count). The summed E-state index contributed by atoms with van der Waals surface area (Å²) in [6.07, 6.45) is 1.66. The Bertz CT molecular complexity index is 406. The van der Waals surface area contributed by atoms with Crippen LogP contribution in [0.25, 0.3) is 11.0 Å². The third-order valence-corrected chi connectivity index (χ3v) is 1.94. The van der Waals surface area contributed by atoms with Gasteiger partial charge in [-0.2, -0.15) is 0 Å². The molecule has 82 valence electrons. The van der Waals surface area contributed by atoms with E-state index in [9.17, 15) is 0 Å². The van der Waals surface area contributed by atoms with E-state index in [0.717, 1.165) is 16.7 Å². The minimum Gasteiger partial charge on any atom is -0.468 e. The highest BCUT2D eigenvalue weighted by Gasteiger charge is 1.98. The van der Waals surface area contributed by atoms with Crippen molar-refractivity contribution in [3.8, 4) is 5.75 Å². The van der Waals surface area contributed by atoms with Gasteiger partial charge in [0.2, 0.25) is 0 Å². The standard InChI is InChI=1S/C11H12O3.CH4/c1-2-12-8-14-10-3-4-11-9(7-10)5-6-13-11;/h3-7H,2,8H2,1H3;1H4. The van der Waals surface area contributed by atoms with E-state index in [1.54, 1.807) is 6.26 Å². The van der Waals surface area contributed by atoms with Gasteiger partial charge in [0.1, 0.15) is 11.3 Å². The van der Waals surface area contributed by atoms with Crippen LogP contribution in [0.3, 0.4) is 0 Å². The first-order chi connectivity index (χ1) is 6.90. The van der Waals surface area contributed by atoms with Crippen molar-refractivity contribution in [3.05, 3.63) is 30.5 Å². The lowest BCUT2D eigenvalue weighted by atomic mass is 10.2. The van der Waals surface area contributed by atoms with E-state index in [0.29, 0.717) is 13.4 Å². The molecule has 0 saturated heterocycles. The van der Waals surface area contributed by atoms with Gasteiger partial charge in [-0.25, -0.2) is 0 Å². The Hall–Kier alpha value is -1.48. The molecular formula is C12H16O3. The van der Waals surface area contributed by atoms with Gasteiger partial charge in [0.15, 0.2) is 6.79 Å². The van der Waals surface area contributed by atoms with Gasteiger partial charge in [-0.3, -0.25) is 0 Å². The lowest BCUT2D eigenvalue weighted by Crippen LogP contribution is -2.01. The van der Waals surface area contributed by atoms with Gasteiger partial charge in [0.25, 0.3) is 0 Å². The monoisotopic (exact) mass is 208 g/mol. The quantitative estimate of drug-likeness (QED) is 0.569. The highest BCUT2D eigenvalue weighted by Crippen LogP contribution is 2.21. The second-order valence-corrected chi connectivity index (χ2v) is 2.88. The Labute approximate surface area is 89.6 Å². The van der Waals surface area contributed by atoms with E-state index in [1.807, 2.05) is 31.2 Å². The number of rotatable bonds is 4. The lowest BCUT2D eigenvalue weighted by molar-refractivity contribution is 0.0225.